The molecule has 0 heterocycles. The molecule has 0 aliphatic rings. The molecule has 0 saturated carbocycles. The Kier molecular flexibility index (Phi) is 31.9. The number of ether oxygens (including phenoxy) is 2. The number of esters is 2. The molecule has 5 heteroatoms. The Morgan fingerprint density at radius 1 is 0.500 bits per heavy atom. The van der Waals surface area contributed by atoms with Crippen LogP contribution in [0.25, 0.3) is 0 Å². The third-order valence-corrected chi connectivity index (χ3v) is 8.63. The van der Waals surface area contributed by atoms with Gasteiger partial charge in [-0.05, 0) is 18.8 Å². The van der Waals surface area contributed by atoms with Gasteiger partial charge in [0.15, 0.2) is 0 Å². The second-order valence-corrected chi connectivity index (χ2v) is 13.0. The summed E-state index contributed by atoms with van der Waals surface area (Å²) in [7, 11) is 0. The third kappa shape index (κ3) is 31.8. The monoisotopic (exact) mass is 597 g/mol. The molecule has 1 unspecified atom stereocenters. The summed E-state index contributed by atoms with van der Waals surface area (Å²) in [6.07, 6.45) is 33.0. The minimum atomic E-state index is -0.955. The van der Waals surface area contributed by atoms with Gasteiger partial charge in [-0.3, -0.25) is 9.59 Å². The average Bonchev–Trinajstić information content (AvgIpc) is 2.99. The highest BCUT2D eigenvalue weighted by molar-refractivity contribution is 5.69. The van der Waals surface area contributed by atoms with Gasteiger partial charge in [-0.25, -0.2) is 0 Å². The molecule has 0 aliphatic heterocycles. The first kappa shape index (κ1) is 40.9. The molecule has 1 N–H and O–H groups in total. The topological polar surface area (TPSA) is 72.8 Å². The molecular weight excluding hydrogens is 524 g/mol. The first-order valence-corrected chi connectivity index (χ1v) is 18.5. The Bertz CT molecular complexity index is 579. The van der Waals surface area contributed by atoms with Crippen molar-refractivity contribution in [3.63, 3.8) is 0 Å². The van der Waals surface area contributed by atoms with Crippen LogP contribution >= 0.6 is 0 Å². The van der Waals surface area contributed by atoms with Gasteiger partial charge in [0, 0.05) is 12.8 Å². The van der Waals surface area contributed by atoms with E-state index in [0.29, 0.717) is 12.8 Å². The number of rotatable bonds is 33. The standard InChI is InChI=1S/C37H72O5/c1-4-6-7-8-9-10-11-12-13-14-15-16-17-18-19-20-24-27-30-36(39)41-32-35(38)33-42-37(40)31-28-25-22-21-23-26-29-34(3)5-2/h34-35,38H,4-33H2,1-3H3/t34?,35-/m1/s1. The summed E-state index contributed by atoms with van der Waals surface area (Å²) in [6.45, 7) is 6.62. The lowest BCUT2D eigenvalue weighted by molar-refractivity contribution is -0.152. The molecule has 2 atom stereocenters. The highest BCUT2D eigenvalue weighted by Crippen LogP contribution is 2.16. The molecule has 5 nitrogen and oxygen atoms in total. The lowest BCUT2D eigenvalue weighted by Crippen LogP contribution is -2.25. The normalized spacial score (nSPS) is 12.8. The minimum Gasteiger partial charge on any atom is -0.463 e. The zero-order valence-corrected chi connectivity index (χ0v) is 28.4. The smallest absolute Gasteiger partial charge is 0.305 e. The van der Waals surface area contributed by atoms with Crippen LogP contribution in [0.15, 0.2) is 0 Å². The Hall–Kier alpha value is -1.10. The predicted molar refractivity (Wildman–Crippen MR) is 178 cm³/mol. The molecular formula is C37H72O5. The lowest BCUT2D eigenvalue weighted by Gasteiger charge is -2.12. The minimum absolute atomic E-state index is 0.109. The molecule has 0 amide bonds. The summed E-state index contributed by atoms with van der Waals surface area (Å²) in [5, 5.41) is 9.97. The van der Waals surface area contributed by atoms with Gasteiger partial charge in [0.1, 0.15) is 19.3 Å². The Balaban J connectivity index is 3.38. The van der Waals surface area contributed by atoms with Crippen molar-refractivity contribution in [2.75, 3.05) is 13.2 Å². The van der Waals surface area contributed by atoms with Crippen LogP contribution in [0.4, 0.5) is 0 Å². The number of carbonyl (C=O) groups excluding carboxylic acids is 2. The molecule has 0 aliphatic carbocycles. The van der Waals surface area contributed by atoms with Gasteiger partial charge in [0.05, 0.1) is 0 Å². The summed E-state index contributed by atoms with van der Waals surface area (Å²) in [6, 6.07) is 0. The van der Waals surface area contributed by atoms with Crippen LogP contribution < -0.4 is 0 Å². The first-order chi connectivity index (χ1) is 20.5. The van der Waals surface area contributed by atoms with E-state index in [2.05, 4.69) is 20.8 Å². The van der Waals surface area contributed by atoms with Gasteiger partial charge in [-0.15, -0.1) is 0 Å². The summed E-state index contributed by atoms with van der Waals surface area (Å²) in [4.78, 5) is 23.8. The van der Waals surface area contributed by atoms with Crippen LogP contribution in [0.1, 0.15) is 201 Å². The second-order valence-electron chi connectivity index (χ2n) is 13.0. The largest absolute Gasteiger partial charge is 0.463 e. The van der Waals surface area contributed by atoms with Crippen molar-refractivity contribution in [1.82, 2.24) is 0 Å². The lowest BCUT2D eigenvalue weighted by atomic mass is 10.00. The van der Waals surface area contributed by atoms with Gasteiger partial charge in [0.25, 0.3) is 0 Å². The molecule has 0 radical (unpaired) electrons. The van der Waals surface area contributed by atoms with Gasteiger partial charge >= 0.3 is 11.9 Å². The van der Waals surface area contributed by atoms with E-state index in [1.807, 2.05) is 0 Å². The fourth-order valence-corrected chi connectivity index (χ4v) is 5.42. The summed E-state index contributed by atoms with van der Waals surface area (Å²) in [5.74, 6) is 0.272. The van der Waals surface area contributed by atoms with E-state index in [1.54, 1.807) is 0 Å². The maximum atomic E-state index is 11.9. The van der Waals surface area contributed by atoms with Crippen LogP contribution in [-0.2, 0) is 19.1 Å². The molecule has 0 saturated heterocycles. The maximum Gasteiger partial charge on any atom is 0.305 e. The number of hydrogen-bond acceptors (Lipinski definition) is 5. The Morgan fingerprint density at radius 2 is 0.810 bits per heavy atom. The van der Waals surface area contributed by atoms with E-state index in [0.717, 1.165) is 38.0 Å². The molecule has 42 heavy (non-hydrogen) atoms. The first-order valence-electron chi connectivity index (χ1n) is 18.5. The Morgan fingerprint density at radius 3 is 1.14 bits per heavy atom. The number of unbranched alkanes of at least 4 members (excludes halogenated alkanes) is 22. The van der Waals surface area contributed by atoms with E-state index >= 15 is 0 Å². The second kappa shape index (κ2) is 32.8. The van der Waals surface area contributed by atoms with Gasteiger partial charge in [0.2, 0.25) is 0 Å². The van der Waals surface area contributed by atoms with Crippen molar-refractivity contribution in [1.29, 1.82) is 0 Å². The van der Waals surface area contributed by atoms with Crippen molar-refractivity contribution in [3.8, 4) is 0 Å². The molecule has 0 spiro atoms. The Labute approximate surface area is 261 Å². The van der Waals surface area contributed by atoms with Crippen molar-refractivity contribution >= 4 is 11.9 Å². The van der Waals surface area contributed by atoms with E-state index in [4.69, 9.17) is 9.47 Å². The van der Waals surface area contributed by atoms with Crippen LogP contribution in [0.3, 0.4) is 0 Å². The molecule has 0 aromatic rings. The van der Waals surface area contributed by atoms with Gasteiger partial charge in [-0.1, -0.05) is 175 Å². The fourth-order valence-electron chi connectivity index (χ4n) is 5.42. The van der Waals surface area contributed by atoms with Crippen LogP contribution in [-0.4, -0.2) is 36.4 Å². The summed E-state index contributed by atoms with van der Waals surface area (Å²) >= 11 is 0. The number of carbonyl (C=O) groups is 2. The van der Waals surface area contributed by atoms with Gasteiger partial charge < -0.3 is 14.6 Å². The van der Waals surface area contributed by atoms with E-state index < -0.39 is 6.10 Å². The predicted octanol–water partition coefficient (Wildman–Crippen LogP) is 11.0. The van der Waals surface area contributed by atoms with E-state index in [9.17, 15) is 14.7 Å². The zero-order valence-electron chi connectivity index (χ0n) is 28.4. The number of aliphatic hydroxyl groups excluding tert-OH is 1. The third-order valence-electron chi connectivity index (χ3n) is 8.63. The van der Waals surface area contributed by atoms with Crippen LogP contribution in [0.5, 0.6) is 0 Å². The molecule has 0 fully saturated rings. The van der Waals surface area contributed by atoms with Crippen LogP contribution in [0, 0.1) is 5.92 Å². The molecule has 250 valence electrons. The van der Waals surface area contributed by atoms with E-state index in [1.165, 1.54) is 135 Å². The highest BCUT2D eigenvalue weighted by atomic mass is 16.6. The van der Waals surface area contributed by atoms with Crippen LogP contribution in [0.2, 0.25) is 0 Å². The molecule has 0 bridgehead atoms. The molecule has 0 aromatic heterocycles. The quantitative estimate of drug-likeness (QED) is 0.0602. The SMILES string of the molecule is CCCCCCCCCCCCCCCCCCCCC(=O)OC[C@@H](O)COC(=O)CCCCCCCCC(C)CC. The van der Waals surface area contributed by atoms with Crippen molar-refractivity contribution in [2.45, 2.75) is 207 Å². The van der Waals surface area contributed by atoms with Crippen molar-refractivity contribution in [2.24, 2.45) is 5.92 Å². The average molecular weight is 597 g/mol. The van der Waals surface area contributed by atoms with E-state index in [-0.39, 0.29) is 25.2 Å². The van der Waals surface area contributed by atoms with Gasteiger partial charge in [-0.2, -0.15) is 0 Å². The highest BCUT2D eigenvalue weighted by Gasteiger charge is 2.12. The zero-order chi connectivity index (χ0) is 30.9. The van der Waals surface area contributed by atoms with Crippen molar-refractivity contribution in [3.05, 3.63) is 0 Å². The maximum absolute atomic E-state index is 11.9. The summed E-state index contributed by atoms with van der Waals surface area (Å²) in [5.41, 5.74) is 0. The number of aliphatic hydroxyl groups is 1. The molecule has 0 aromatic carbocycles. The number of hydrogen-bond donors (Lipinski definition) is 1. The molecule has 0 rings (SSSR count). The summed E-state index contributed by atoms with van der Waals surface area (Å²) < 4.78 is 10.3. The van der Waals surface area contributed by atoms with Crippen molar-refractivity contribution < 1.29 is 24.2 Å². The fraction of sp³-hybridized carbons (Fsp3) is 0.946.